The second-order valence-corrected chi connectivity index (χ2v) is 6.35. The number of carbonyl (C=O) groups is 2. The van der Waals surface area contributed by atoms with Gasteiger partial charge in [-0.25, -0.2) is 0 Å². The van der Waals surface area contributed by atoms with Crippen LogP contribution in [0.4, 0.5) is 18.9 Å². The molecule has 8 heteroatoms. The van der Waals surface area contributed by atoms with Crippen LogP contribution in [0.15, 0.2) is 60.8 Å². The summed E-state index contributed by atoms with van der Waals surface area (Å²) < 4.78 is 38.1. The first-order valence-corrected chi connectivity index (χ1v) is 8.89. The fraction of sp³-hybridized carbons (Fsp3) is 0.190. The monoisotopic (exact) mass is 401 g/mol. The van der Waals surface area contributed by atoms with E-state index in [0.717, 1.165) is 0 Å². The zero-order valence-corrected chi connectivity index (χ0v) is 15.5. The van der Waals surface area contributed by atoms with E-state index in [1.54, 1.807) is 60.8 Å². The minimum absolute atomic E-state index is 0.0854. The summed E-state index contributed by atoms with van der Waals surface area (Å²) in [5.41, 5.74) is 2.01. The van der Waals surface area contributed by atoms with Crippen LogP contribution in [0.1, 0.15) is 22.8 Å². The van der Waals surface area contributed by atoms with Gasteiger partial charge in [-0.2, -0.15) is 13.2 Å². The maximum atomic E-state index is 12.7. The Morgan fingerprint density at radius 2 is 1.83 bits per heavy atom. The standard InChI is InChI=1S/C21H18F3N3O2/c1-2-27(20(29)21(22,23)24)13-14-6-3-7-15(12-14)26-19(28)17-8-4-10-18-16(17)9-5-11-25-18/h3-12H,2,13H2,1H3,(H,26,28). The first-order valence-electron chi connectivity index (χ1n) is 8.89. The summed E-state index contributed by atoms with van der Waals surface area (Å²) in [7, 11) is 0. The minimum Gasteiger partial charge on any atom is -0.331 e. The molecule has 1 heterocycles. The van der Waals surface area contributed by atoms with Gasteiger partial charge in [0.2, 0.25) is 0 Å². The molecule has 5 nitrogen and oxygen atoms in total. The fourth-order valence-corrected chi connectivity index (χ4v) is 2.97. The third kappa shape index (κ3) is 4.71. The lowest BCUT2D eigenvalue weighted by Gasteiger charge is -2.22. The summed E-state index contributed by atoms with van der Waals surface area (Å²) in [5.74, 6) is -2.25. The lowest BCUT2D eigenvalue weighted by molar-refractivity contribution is -0.185. The number of amides is 2. The van der Waals surface area contributed by atoms with Gasteiger partial charge >= 0.3 is 12.1 Å². The Kier molecular flexibility index (Phi) is 5.81. The van der Waals surface area contributed by atoms with E-state index in [9.17, 15) is 22.8 Å². The van der Waals surface area contributed by atoms with Crippen LogP contribution in [0.25, 0.3) is 10.9 Å². The smallest absolute Gasteiger partial charge is 0.331 e. The number of alkyl halides is 3. The molecule has 0 unspecified atom stereocenters. The van der Waals surface area contributed by atoms with Crippen molar-refractivity contribution >= 4 is 28.4 Å². The number of halogens is 3. The van der Waals surface area contributed by atoms with E-state index in [0.29, 0.717) is 32.6 Å². The minimum atomic E-state index is -4.93. The lowest BCUT2D eigenvalue weighted by Crippen LogP contribution is -2.40. The second kappa shape index (κ2) is 8.30. The molecule has 0 aliphatic carbocycles. The van der Waals surface area contributed by atoms with E-state index in [4.69, 9.17) is 0 Å². The maximum absolute atomic E-state index is 12.7. The summed E-state index contributed by atoms with van der Waals surface area (Å²) in [5, 5.41) is 3.44. The van der Waals surface area contributed by atoms with Crippen LogP contribution in [-0.4, -0.2) is 34.4 Å². The van der Waals surface area contributed by atoms with Crippen molar-refractivity contribution in [2.75, 3.05) is 11.9 Å². The molecule has 0 aliphatic rings. The third-order valence-electron chi connectivity index (χ3n) is 4.36. The highest BCUT2D eigenvalue weighted by molar-refractivity contribution is 6.12. The van der Waals surface area contributed by atoms with Gasteiger partial charge in [0.15, 0.2) is 0 Å². The van der Waals surface area contributed by atoms with E-state index in [-0.39, 0.29) is 19.0 Å². The molecular weight excluding hydrogens is 383 g/mol. The van der Waals surface area contributed by atoms with Crippen LogP contribution in [0, 0.1) is 0 Å². The molecule has 3 aromatic rings. The van der Waals surface area contributed by atoms with Gasteiger partial charge in [0, 0.05) is 35.9 Å². The highest BCUT2D eigenvalue weighted by atomic mass is 19.4. The number of hydrogen-bond donors (Lipinski definition) is 1. The number of carbonyl (C=O) groups excluding carboxylic acids is 2. The highest BCUT2D eigenvalue weighted by Gasteiger charge is 2.41. The van der Waals surface area contributed by atoms with Crippen molar-refractivity contribution in [1.82, 2.24) is 9.88 Å². The zero-order chi connectivity index (χ0) is 21.0. The van der Waals surface area contributed by atoms with Crippen molar-refractivity contribution in [3.8, 4) is 0 Å². The summed E-state index contributed by atoms with van der Waals surface area (Å²) >= 11 is 0. The van der Waals surface area contributed by atoms with Gasteiger partial charge in [0.05, 0.1) is 5.52 Å². The Balaban J connectivity index is 1.79. The zero-order valence-electron chi connectivity index (χ0n) is 15.5. The quantitative estimate of drug-likeness (QED) is 0.689. The molecule has 29 heavy (non-hydrogen) atoms. The molecule has 0 fully saturated rings. The van der Waals surface area contributed by atoms with Crippen LogP contribution in [-0.2, 0) is 11.3 Å². The van der Waals surface area contributed by atoms with E-state index < -0.39 is 12.1 Å². The van der Waals surface area contributed by atoms with Crippen LogP contribution in [0.2, 0.25) is 0 Å². The number of anilines is 1. The number of hydrogen-bond acceptors (Lipinski definition) is 3. The third-order valence-corrected chi connectivity index (χ3v) is 4.36. The number of nitrogens with zero attached hydrogens (tertiary/aromatic N) is 2. The largest absolute Gasteiger partial charge is 0.471 e. The van der Waals surface area contributed by atoms with Crippen molar-refractivity contribution in [2.45, 2.75) is 19.6 Å². The lowest BCUT2D eigenvalue weighted by atomic mass is 10.1. The predicted molar refractivity (Wildman–Crippen MR) is 103 cm³/mol. The molecule has 0 aliphatic heterocycles. The molecule has 1 aromatic heterocycles. The molecule has 0 radical (unpaired) electrons. The molecule has 0 atom stereocenters. The summed E-state index contributed by atoms with van der Waals surface area (Å²) in [6.45, 7) is 1.18. The van der Waals surface area contributed by atoms with Crippen LogP contribution >= 0.6 is 0 Å². The van der Waals surface area contributed by atoms with Crippen molar-refractivity contribution in [1.29, 1.82) is 0 Å². The average molecular weight is 401 g/mol. The number of rotatable bonds is 5. The number of pyridine rings is 1. The first kappa shape index (κ1) is 20.3. The molecular formula is C21H18F3N3O2. The second-order valence-electron chi connectivity index (χ2n) is 6.35. The van der Waals surface area contributed by atoms with Gasteiger partial charge in [-0.15, -0.1) is 0 Å². The van der Waals surface area contributed by atoms with Gasteiger partial charge in [0.25, 0.3) is 5.91 Å². The maximum Gasteiger partial charge on any atom is 0.471 e. The van der Waals surface area contributed by atoms with Crippen LogP contribution in [0.3, 0.4) is 0 Å². The molecule has 0 saturated heterocycles. The van der Waals surface area contributed by atoms with Crippen LogP contribution < -0.4 is 5.32 Å². The summed E-state index contributed by atoms with van der Waals surface area (Å²) in [6.07, 6.45) is -3.29. The Bertz CT molecular complexity index is 1050. The van der Waals surface area contributed by atoms with E-state index in [1.807, 2.05) is 0 Å². The molecule has 2 aromatic carbocycles. The molecule has 0 bridgehead atoms. The van der Waals surface area contributed by atoms with Crippen molar-refractivity contribution in [3.63, 3.8) is 0 Å². The topological polar surface area (TPSA) is 62.3 Å². The average Bonchev–Trinajstić information content (AvgIpc) is 2.70. The number of benzene rings is 2. The van der Waals surface area contributed by atoms with Gasteiger partial charge in [-0.3, -0.25) is 14.6 Å². The molecule has 150 valence electrons. The Labute approximate surface area is 165 Å². The van der Waals surface area contributed by atoms with Gasteiger partial charge in [-0.05, 0) is 42.8 Å². The van der Waals surface area contributed by atoms with Gasteiger partial charge in [0.1, 0.15) is 0 Å². The predicted octanol–water partition coefficient (Wildman–Crippen LogP) is 4.40. The fourth-order valence-electron chi connectivity index (χ4n) is 2.97. The summed E-state index contributed by atoms with van der Waals surface area (Å²) in [6, 6.07) is 15.1. The number of nitrogens with one attached hydrogen (secondary N) is 1. The van der Waals surface area contributed by atoms with Crippen molar-refractivity contribution in [2.24, 2.45) is 0 Å². The van der Waals surface area contributed by atoms with E-state index >= 15 is 0 Å². The molecule has 0 saturated carbocycles. The SMILES string of the molecule is CCN(Cc1cccc(NC(=O)c2cccc3ncccc23)c1)C(=O)C(F)(F)F. The Morgan fingerprint density at radius 1 is 1.07 bits per heavy atom. The normalized spacial score (nSPS) is 11.3. The van der Waals surface area contributed by atoms with Gasteiger partial charge < -0.3 is 10.2 Å². The van der Waals surface area contributed by atoms with Crippen LogP contribution in [0.5, 0.6) is 0 Å². The molecule has 3 rings (SSSR count). The van der Waals surface area contributed by atoms with Crippen molar-refractivity contribution < 1.29 is 22.8 Å². The Hall–Kier alpha value is -3.42. The number of fused-ring (bicyclic) bond motifs is 1. The van der Waals surface area contributed by atoms with E-state index in [1.165, 1.54) is 6.92 Å². The molecule has 2 amide bonds. The number of aromatic nitrogens is 1. The van der Waals surface area contributed by atoms with Crippen molar-refractivity contribution in [3.05, 3.63) is 71.9 Å². The van der Waals surface area contributed by atoms with Gasteiger partial charge in [-0.1, -0.05) is 24.3 Å². The highest BCUT2D eigenvalue weighted by Crippen LogP contribution is 2.22. The summed E-state index contributed by atoms with van der Waals surface area (Å²) in [4.78, 5) is 29.1. The molecule has 0 spiro atoms. The Morgan fingerprint density at radius 3 is 2.55 bits per heavy atom. The molecule has 1 N–H and O–H groups in total. The van der Waals surface area contributed by atoms with E-state index in [2.05, 4.69) is 10.3 Å². The first-order chi connectivity index (χ1) is 13.8.